The van der Waals surface area contributed by atoms with E-state index in [-0.39, 0.29) is 0 Å². The van der Waals surface area contributed by atoms with Gasteiger partial charge in [-0.3, -0.25) is 4.98 Å². The van der Waals surface area contributed by atoms with Crippen LogP contribution < -0.4 is 5.76 Å². The average molecular weight is 244 g/mol. The maximum absolute atomic E-state index is 11.4. The first-order valence-electron chi connectivity index (χ1n) is 5.02. The molecule has 0 atom stereocenters. The third kappa shape index (κ3) is 1.59. The van der Waals surface area contributed by atoms with E-state index < -0.39 is 5.76 Å². The molecule has 17 heavy (non-hydrogen) atoms. The van der Waals surface area contributed by atoms with Crippen LogP contribution in [-0.4, -0.2) is 16.2 Å². The Morgan fingerprint density at radius 1 is 1.24 bits per heavy atom. The van der Waals surface area contributed by atoms with Crippen molar-refractivity contribution in [3.8, 4) is 0 Å². The SMILES string of the molecule is CSc1nc(=O)oc2c1ccc1ncccc12. The van der Waals surface area contributed by atoms with E-state index in [1.807, 2.05) is 30.5 Å². The Bertz CT molecular complexity index is 767. The van der Waals surface area contributed by atoms with Crippen molar-refractivity contribution in [2.75, 3.05) is 6.26 Å². The predicted molar refractivity (Wildman–Crippen MR) is 67.4 cm³/mol. The Morgan fingerprint density at radius 2 is 2.12 bits per heavy atom. The highest BCUT2D eigenvalue weighted by molar-refractivity contribution is 7.98. The largest absolute Gasteiger partial charge is 0.440 e. The molecule has 0 bridgehead atoms. The van der Waals surface area contributed by atoms with Crippen LogP contribution in [0, 0.1) is 0 Å². The molecule has 0 saturated carbocycles. The summed E-state index contributed by atoms with van der Waals surface area (Å²) < 4.78 is 5.20. The van der Waals surface area contributed by atoms with Crippen LogP contribution in [-0.2, 0) is 0 Å². The molecule has 0 fully saturated rings. The fraction of sp³-hybridized carbons (Fsp3) is 0.0833. The summed E-state index contributed by atoms with van der Waals surface area (Å²) in [5, 5.41) is 2.36. The van der Waals surface area contributed by atoms with Crippen molar-refractivity contribution in [3.63, 3.8) is 0 Å². The molecule has 0 aliphatic rings. The first kappa shape index (κ1) is 10.3. The van der Waals surface area contributed by atoms with Gasteiger partial charge >= 0.3 is 5.76 Å². The molecule has 3 aromatic rings. The zero-order valence-electron chi connectivity index (χ0n) is 9.01. The number of benzene rings is 1. The lowest BCUT2D eigenvalue weighted by Gasteiger charge is -2.03. The molecule has 2 heterocycles. The van der Waals surface area contributed by atoms with Crippen LogP contribution in [0.25, 0.3) is 21.9 Å². The van der Waals surface area contributed by atoms with Crippen molar-refractivity contribution in [1.82, 2.24) is 9.97 Å². The summed E-state index contributed by atoms with van der Waals surface area (Å²) in [6, 6.07) is 7.49. The van der Waals surface area contributed by atoms with Crippen LogP contribution in [0.2, 0.25) is 0 Å². The molecule has 2 aromatic heterocycles. The fourth-order valence-corrected chi connectivity index (χ4v) is 2.36. The van der Waals surface area contributed by atoms with Crippen LogP contribution in [0.4, 0.5) is 0 Å². The van der Waals surface area contributed by atoms with Crippen molar-refractivity contribution in [2.45, 2.75) is 5.03 Å². The van der Waals surface area contributed by atoms with Crippen molar-refractivity contribution >= 4 is 33.6 Å². The molecule has 0 amide bonds. The number of hydrogen-bond donors (Lipinski definition) is 0. The molecular formula is C12H8N2O2S. The van der Waals surface area contributed by atoms with Crippen molar-refractivity contribution in [1.29, 1.82) is 0 Å². The maximum Gasteiger partial charge on any atom is 0.440 e. The molecule has 0 spiro atoms. The Morgan fingerprint density at radius 3 is 2.94 bits per heavy atom. The number of rotatable bonds is 1. The van der Waals surface area contributed by atoms with Gasteiger partial charge in [0.1, 0.15) is 5.03 Å². The summed E-state index contributed by atoms with van der Waals surface area (Å²) in [7, 11) is 0. The van der Waals surface area contributed by atoms with Crippen LogP contribution in [0.5, 0.6) is 0 Å². The molecule has 0 saturated heterocycles. The molecule has 0 N–H and O–H groups in total. The zero-order valence-corrected chi connectivity index (χ0v) is 9.82. The van der Waals surface area contributed by atoms with Crippen LogP contribution >= 0.6 is 11.8 Å². The topological polar surface area (TPSA) is 56.0 Å². The molecule has 0 radical (unpaired) electrons. The van der Waals surface area contributed by atoms with Gasteiger partial charge < -0.3 is 4.42 Å². The van der Waals surface area contributed by atoms with Crippen LogP contribution in [0.1, 0.15) is 0 Å². The van der Waals surface area contributed by atoms with E-state index in [1.165, 1.54) is 11.8 Å². The van der Waals surface area contributed by atoms with Gasteiger partial charge in [-0.15, -0.1) is 11.8 Å². The second-order valence-corrected chi connectivity index (χ2v) is 4.30. The molecule has 0 aliphatic heterocycles. The van der Waals surface area contributed by atoms with Crippen molar-refractivity contribution < 1.29 is 4.42 Å². The van der Waals surface area contributed by atoms with Gasteiger partial charge in [-0.2, -0.15) is 4.98 Å². The first-order chi connectivity index (χ1) is 8.29. The summed E-state index contributed by atoms with van der Waals surface area (Å²) in [4.78, 5) is 19.5. The van der Waals surface area contributed by atoms with E-state index in [9.17, 15) is 4.79 Å². The van der Waals surface area contributed by atoms with Crippen molar-refractivity contribution in [2.24, 2.45) is 0 Å². The number of nitrogens with zero attached hydrogens (tertiary/aromatic N) is 2. The third-order valence-electron chi connectivity index (χ3n) is 2.54. The molecule has 0 aliphatic carbocycles. The van der Waals surface area contributed by atoms with Crippen LogP contribution in [0.15, 0.2) is 44.7 Å². The van der Waals surface area contributed by atoms with E-state index in [1.54, 1.807) is 6.20 Å². The lowest BCUT2D eigenvalue weighted by Crippen LogP contribution is -2.05. The van der Waals surface area contributed by atoms with Gasteiger partial charge in [-0.25, -0.2) is 4.79 Å². The second kappa shape index (κ2) is 3.85. The summed E-state index contributed by atoms with van der Waals surface area (Å²) in [5.41, 5.74) is 1.36. The number of hydrogen-bond acceptors (Lipinski definition) is 5. The Hall–Kier alpha value is -1.88. The van der Waals surface area contributed by atoms with Gasteiger partial charge in [-0.05, 0) is 30.5 Å². The second-order valence-electron chi connectivity index (χ2n) is 3.50. The average Bonchev–Trinajstić information content (AvgIpc) is 2.37. The monoisotopic (exact) mass is 244 g/mol. The smallest absolute Gasteiger partial charge is 0.407 e. The van der Waals surface area contributed by atoms with E-state index >= 15 is 0 Å². The highest BCUT2D eigenvalue weighted by atomic mass is 32.2. The standard InChI is InChI=1S/C12H8N2O2S/c1-17-11-8-4-5-9-7(3-2-6-13-9)10(8)16-12(15)14-11/h2-6H,1H3. The normalized spacial score (nSPS) is 11.1. The van der Waals surface area contributed by atoms with Gasteiger partial charge in [0, 0.05) is 11.6 Å². The molecule has 3 rings (SSSR count). The fourth-order valence-electron chi connectivity index (χ4n) is 1.81. The quantitative estimate of drug-likeness (QED) is 0.486. The van der Waals surface area contributed by atoms with Gasteiger partial charge in [0.25, 0.3) is 0 Å². The first-order valence-corrected chi connectivity index (χ1v) is 6.24. The molecule has 4 nitrogen and oxygen atoms in total. The highest BCUT2D eigenvalue weighted by Gasteiger charge is 2.09. The predicted octanol–water partition coefficient (Wildman–Crippen LogP) is 2.46. The Labute approximate surface area is 101 Å². The molecule has 1 aromatic carbocycles. The number of pyridine rings is 1. The van der Waals surface area contributed by atoms with Gasteiger partial charge in [0.15, 0.2) is 5.58 Å². The lowest BCUT2D eigenvalue weighted by molar-refractivity contribution is 0.525. The maximum atomic E-state index is 11.4. The molecular weight excluding hydrogens is 236 g/mol. The summed E-state index contributed by atoms with van der Waals surface area (Å²) in [5.74, 6) is -0.571. The minimum atomic E-state index is -0.571. The molecule has 0 unspecified atom stereocenters. The summed E-state index contributed by atoms with van der Waals surface area (Å²) in [6.45, 7) is 0. The number of thioether (sulfide) groups is 1. The van der Waals surface area contributed by atoms with Crippen molar-refractivity contribution in [3.05, 3.63) is 41.0 Å². The Balaban J connectivity index is 2.58. The molecule has 84 valence electrons. The Kier molecular flexibility index (Phi) is 2.33. The minimum Gasteiger partial charge on any atom is -0.407 e. The highest BCUT2D eigenvalue weighted by Crippen LogP contribution is 2.27. The van der Waals surface area contributed by atoms with Crippen LogP contribution in [0.3, 0.4) is 0 Å². The van der Waals surface area contributed by atoms with E-state index in [0.717, 1.165) is 16.3 Å². The van der Waals surface area contributed by atoms with E-state index in [0.29, 0.717) is 10.6 Å². The van der Waals surface area contributed by atoms with Gasteiger partial charge in [-0.1, -0.05) is 0 Å². The van der Waals surface area contributed by atoms with E-state index in [2.05, 4.69) is 9.97 Å². The van der Waals surface area contributed by atoms with Gasteiger partial charge in [0.2, 0.25) is 0 Å². The summed E-state index contributed by atoms with van der Waals surface area (Å²) in [6.07, 6.45) is 3.59. The van der Waals surface area contributed by atoms with Gasteiger partial charge in [0.05, 0.1) is 10.9 Å². The third-order valence-corrected chi connectivity index (χ3v) is 3.24. The van der Waals surface area contributed by atoms with E-state index in [4.69, 9.17) is 4.42 Å². The number of fused-ring (bicyclic) bond motifs is 3. The molecule has 5 heteroatoms. The summed E-state index contributed by atoms with van der Waals surface area (Å²) >= 11 is 1.43. The lowest BCUT2D eigenvalue weighted by atomic mass is 10.1. The zero-order chi connectivity index (χ0) is 11.8. The number of aromatic nitrogens is 2. The minimum absolute atomic E-state index is 0.556.